The molecule has 0 aliphatic heterocycles. The number of nitrogens with zero attached hydrogens (tertiary/aromatic N) is 1. The Labute approximate surface area is 163 Å². The summed E-state index contributed by atoms with van der Waals surface area (Å²) < 4.78 is 0. The standard InChI is InChI=1S/C22H30N2OS/c25-22(15-7-5-3-1-2-4-6-10-17-26)24-20-13-11-12-19(18-20)21-14-8-9-16-23-21/h8-9,11-14,16,18,26H,1-7,10,15,17H2,(H,24,25). The van der Waals surface area contributed by atoms with E-state index in [9.17, 15) is 4.79 Å². The Balaban J connectivity index is 1.64. The van der Waals surface area contributed by atoms with Crippen LogP contribution >= 0.6 is 12.6 Å². The van der Waals surface area contributed by atoms with Gasteiger partial charge in [0, 0.05) is 23.9 Å². The molecule has 0 atom stereocenters. The van der Waals surface area contributed by atoms with Crippen molar-refractivity contribution in [3.8, 4) is 11.3 Å². The van der Waals surface area contributed by atoms with Crippen LogP contribution in [0.2, 0.25) is 0 Å². The maximum absolute atomic E-state index is 12.1. The van der Waals surface area contributed by atoms with Gasteiger partial charge in [-0.1, -0.05) is 56.7 Å². The fourth-order valence-corrected chi connectivity index (χ4v) is 3.19. The van der Waals surface area contributed by atoms with Gasteiger partial charge in [0.15, 0.2) is 0 Å². The van der Waals surface area contributed by atoms with Crippen LogP contribution in [0.5, 0.6) is 0 Å². The monoisotopic (exact) mass is 370 g/mol. The van der Waals surface area contributed by atoms with E-state index in [0.717, 1.165) is 35.5 Å². The van der Waals surface area contributed by atoms with Crippen LogP contribution in [0, 0.1) is 0 Å². The molecule has 0 saturated heterocycles. The second kappa shape index (κ2) is 12.5. The van der Waals surface area contributed by atoms with Crippen LogP contribution in [0.3, 0.4) is 0 Å². The quantitative estimate of drug-likeness (QED) is 0.349. The van der Waals surface area contributed by atoms with Gasteiger partial charge in [0.05, 0.1) is 5.69 Å². The lowest BCUT2D eigenvalue weighted by atomic mass is 10.1. The summed E-state index contributed by atoms with van der Waals surface area (Å²) in [5.74, 6) is 1.09. The van der Waals surface area contributed by atoms with Crippen LogP contribution in [0.25, 0.3) is 11.3 Å². The Morgan fingerprint density at radius 1 is 0.885 bits per heavy atom. The number of pyridine rings is 1. The van der Waals surface area contributed by atoms with Gasteiger partial charge in [0.2, 0.25) is 5.91 Å². The molecule has 1 aromatic carbocycles. The Morgan fingerprint density at radius 3 is 2.31 bits per heavy atom. The number of rotatable bonds is 12. The van der Waals surface area contributed by atoms with Gasteiger partial charge in [-0.15, -0.1) is 0 Å². The molecule has 0 aliphatic carbocycles. The van der Waals surface area contributed by atoms with E-state index in [4.69, 9.17) is 0 Å². The first kappa shape index (κ1) is 20.5. The summed E-state index contributed by atoms with van der Waals surface area (Å²) in [6.45, 7) is 0. The van der Waals surface area contributed by atoms with Crippen LogP contribution in [-0.4, -0.2) is 16.6 Å². The molecule has 1 aromatic heterocycles. The average molecular weight is 371 g/mol. The molecule has 4 heteroatoms. The second-order valence-electron chi connectivity index (χ2n) is 6.65. The third-order valence-corrected chi connectivity index (χ3v) is 4.74. The molecule has 26 heavy (non-hydrogen) atoms. The van der Waals surface area contributed by atoms with E-state index in [1.54, 1.807) is 6.20 Å². The summed E-state index contributed by atoms with van der Waals surface area (Å²) in [7, 11) is 0. The van der Waals surface area contributed by atoms with Gasteiger partial charge in [-0.2, -0.15) is 12.6 Å². The topological polar surface area (TPSA) is 42.0 Å². The zero-order chi connectivity index (χ0) is 18.5. The van der Waals surface area contributed by atoms with Crippen molar-refractivity contribution in [3.63, 3.8) is 0 Å². The van der Waals surface area contributed by atoms with Gasteiger partial charge in [-0.3, -0.25) is 9.78 Å². The third kappa shape index (κ3) is 8.05. The Bertz CT molecular complexity index is 646. The number of carbonyl (C=O) groups is 1. The molecule has 0 spiro atoms. The van der Waals surface area contributed by atoms with Crippen LogP contribution < -0.4 is 5.32 Å². The summed E-state index contributed by atoms with van der Waals surface area (Å²) in [6.07, 6.45) is 12.1. The molecule has 0 unspecified atom stereocenters. The number of hydrogen-bond donors (Lipinski definition) is 2. The zero-order valence-corrected chi connectivity index (χ0v) is 16.4. The molecule has 0 bridgehead atoms. The highest BCUT2D eigenvalue weighted by Crippen LogP contribution is 2.20. The van der Waals surface area contributed by atoms with E-state index in [0.29, 0.717) is 6.42 Å². The van der Waals surface area contributed by atoms with E-state index in [1.165, 1.54) is 38.5 Å². The van der Waals surface area contributed by atoms with Crippen molar-refractivity contribution in [1.29, 1.82) is 0 Å². The van der Waals surface area contributed by atoms with E-state index in [2.05, 4.69) is 22.9 Å². The molecule has 2 rings (SSSR count). The first-order valence-electron chi connectivity index (χ1n) is 9.72. The fraction of sp³-hybridized carbons (Fsp3) is 0.455. The van der Waals surface area contributed by atoms with E-state index in [-0.39, 0.29) is 5.91 Å². The first-order chi connectivity index (χ1) is 12.8. The second-order valence-corrected chi connectivity index (χ2v) is 7.09. The van der Waals surface area contributed by atoms with E-state index in [1.807, 2.05) is 42.5 Å². The summed E-state index contributed by atoms with van der Waals surface area (Å²) in [5.41, 5.74) is 2.77. The molecular weight excluding hydrogens is 340 g/mol. The van der Waals surface area contributed by atoms with E-state index >= 15 is 0 Å². The van der Waals surface area contributed by atoms with Crippen molar-refractivity contribution < 1.29 is 4.79 Å². The molecule has 0 fully saturated rings. The molecule has 0 radical (unpaired) electrons. The lowest BCUT2D eigenvalue weighted by molar-refractivity contribution is -0.116. The average Bonchev–Trinajstić information content (AvgIpc) is 2.67. The highest BCUT2D eigenvalue weighted by molar-refractivity contribution is 7.80. The lowest BCUT2D eigenvalue weighted by Gasteiger charge is -2.07. The number of anilines is 1. The smallest absolute Gasteiger partial charge is 0.224 e. The number of unbranched alkanes of at least 4 members (excludes halogenated alkanes) is 7. The minimum atomic E-state index is 0.0944. The normalized spacial score (nSPS) is 10.7. The van der Waals surface area contributed by atoms with Gasteiger partial charge >= 0.3 is 0 Å². The molecule has 1 N–H and O–H groups in total. The van der Waals surface area contributed by atoms with Crippen molar-refractivity contribution in [3.05, 3.63) is 48.7 Å². The number of hydrogen-bond acceptors (Lipinski definition) is 3. The van der Waals surface area contributed by atoms with Crippen LogP contribution in [-0.2, 0) is 4.79 Å². The van der Waals surface area contributed by atoms with Crippen LogP contribution in [0.1, 0.15) is 57.8 Å². The van der Waals surface area contributed by atoms with Gasteiger partial charge < -0.3 is 5.32 Å². The molecule has 3 nitrogen and oxygen atoms in total. The number of amides is 1. The van der Waals surface area contributed by atoms with Gasteiger partial charge in [-0.25, -0.2) is 0 Å². The van der Waals surface area contributed by atoms with Crippen molar-refractivity contribution in [2.45, 2.75) is 57.8 Å². The van der Waals surface area contributed by atoms with Gasteiger partial charge in [-0.05, 0) is 42.9 Å². The van der Waals surface area contributed by atoms with Crippen molar-refractivity contribution in [1.82, 2.24) is 4.98 Å². The summed E-state index contributed by atoms with van der Waals surface area (Å²) in [5, 5.41) is 3.00. The Kier molecular flexibility index (Phi) is 9.88. The van der Waals surface area contributed by atoms with Crippen molar-refractivity contribution in [2.75, 3.05) is 11.1 Å². The number of nitrogens with one attached hydrogen (secondary N) is 1. The van der Waals surface area contributed by atoms with Crippen molar-refractivity contribution >= 4 is 24.2 Å². The van der Waals surface area contributed by atoms with Crippen LogP contribution in [0.15, 0.2) is 48.7 Å². The highest BCUT2D eigenvalue weighted by atomic mass is 32.1. The Morgan fingerprint density at radius 2 is 1.62 bits per heavy atom. The number of carbonyl (C=O) groups excluding carboxylic acids is 1. The minimum absolute atomic E-state index is 0.0944. The largest absolute Gasteiger partial charge is 0.326 e. The maximum atomic E-state index is 12.1. The minimum Gasteiger partial charge on any atom is -0.326 e. The number of thiol groups is 1. The predicted molar refractivity (Wildman–Crippen MR) is 114 cm³/mol. The molecule has 2 aromatic rings. The summed E-state index contributed by atoms with van der Waals surface area (Å²) >= 11 is 4.23. The van der Waals surface area contributed by atoms with Crippen LogP contribution in [0.4, 0.5) is 5.69 Å². The van der Waals surface area contributed by atoms with Gasteiger partial charge in [0.25, 0.3) is 0 Å². The van der Waals surface area contributed by atoms with E-state index < -0.39 is 0 Å². The molecule has 1 amide bonds. The van der Waals surface area contributed by atoms with Crippen molar-refractivity contribution in [2.24, 2.45) is 0 Å². The number of benzene rings is 1. The maximum Gasteiger partial charge on any atom is 0.224 e. The first-order valence-corrected chi connectivity index (χ1v) is 10.3. The molecule has 1 heterocycles. The summed E-state index contributed by atoms with van der Waals surface area (Å²) in [6, 6.07) is 13.7. The molecular formula is C22H30N2OS. The van der Waals surface area contributed by atoms with Gasteiger partial charge in [0.1, 0.15) is 0 Å². The zero-order valence-electron chi connectivity index (χ0n) is 15.5. The third-order valence-electron chi connectivity index (χ3n) is 4.42. The lowest BCUT2D eigenvalue weighted by Crippen LogP contribution is -2.11. The highest BCUT2D eigenvalue weighted by Gasteiger charge is 2.04. The molecule has 140 valence electrons. The number of aromatic nitrogens is 1. The SMILES string of the molecule is O=C(CCCCCCCCCCS)Nc1cccc(-c2ccccn2)c1. The fourth-order valence-electron chi connectivity index (χ4n) is 2.97. The Hall–Kier alpha value is -1.81. The predicted octanol–water partition coefficient (Wildman–Crippen LogP) is 6.13. The molecule has 0 aliphatic rings. The summed E-state index contributed by atoms with van der Waals surface area (Å²) in [4.78, 5) is 16.5. The molecule has 0 saturated carbocycles.